The lowest BCUT2D eigenvalue weighted by Gasteiger charge is -1.70. The summed E-state index contributed by atoms with van der Waals surface area (Å²) in [5.74, 6) is 0. The zero-order valence-electron chi connectivity index (χ0n) is 3.89. The molecule has 0 aliphatic rings. The van der Waals surface area contributed by atoms with Gasteiger partial charge in [-0.15, -0.1) is 0 Å². The first-order valence-corrected chi connectivity index (χ1v) is 1.86. The Hall–Kier alpha value is -1.08. The third-order valence-corrected chi connectivity index (χ3v) is 0.412. The lowest BCUT2D eigenvalue weighted by molar-refractivity contribution is 1.24. The molecule has 0 radical (unpaired) electrons. The molecule has 3 heteroatoms. The molecule has 0 unspecified atom stereocenters. The van der Waals surface area contributed by atoms with Crippen molar-refractivity contribution >= 4 is 6.01 Å². The van der Waals surface area contributed by atoms with Crippen molar-refractivity contribution in [2.24, 2.45) is 10.7 Å². The number of nitrogens with zero attached hydrogens (tertiary/aromatic N) is 1. The van der Waals surface area contributed by atoms with Gasteiger partial charge in [0.1, 0.15) is 0 Å². The van der Waals surface area contributed by atoms with Crippen LogP contribution in [0.2, 0.25) is 0 Å². The van der Waals surface area contributed by atoms with E-state index in [2.05, 4.69) is 4.99 Å². The van der Waals surface area contributed by atoms with Gasteiger partial charge >= 0.3 is 0 Å². The van der Waals surface area contributed by atoms with Crippen molar-refractivity contribution < 1.29 is 0 Å². The average molecular weight is 97.1 g/mol. The highest BCUT2D eigenvalue weighted by Gasteiger charge is 1.61. The molecule has 0 aliphatic heterocycles. The molecule has 3 nitrogen and oxygen atoms in total. The van der Waals surface area contributed by atoms with Crippen molar-refractivity contribution in [2.45, 2.75) is 0 Å². The van der Waals surface area contributed by atoms with Crippen molar-refractivity contribution in [1.29, 1.82) is 5.41 Å². The summed E-state index contributed by atoms with van der Waals surface area (Å²) in [7, 11) is 0. The number of nitrogens with two attached hydrogens (primary N) is 1. The van der Waals surface area contributed by atoms with Gasteiger partial charge in [0.25, 0.3) is 0 Å². The fourth-order valence-electron chi connectivity index (χ4n) is 0.159. The van der Waals surface area contributed by atoms with Gasteiger partial charge in [0.2, 0.25) is 0 Å². The minimum absolute atomic E-state index is 0.458. The molecule has 0 atom stereocenters. The molecular formula is C4H7N3. The quantitative estimate of drug-likeness (QED) is 0.475. The van der Waals surface area contributed by atoms with Gasteiger partial charge in [-0.3, -0.25) is 0 Å². The summed E-state index contributed by atoms with van der Waals surface area (Å²) < 4.78 is 0. The van der Waals surface area contributed by atoms with Crippen LogP contribution in [0.5, 0.6) is 0 Å². The van der Waals surface area contributed by atoms with Crippen molar-refractivity contribution in [3.8, 4) is 0 Å². The van der Waals surface area contributed by atoms with Crippen LogP contribution in [0.1, 0.15) is 0 Å². The summed E-state index contributed by atoms with van der Waals surface area (Å²) in [4.78, 5) is 3.41. The van der Waals surface area contributed by atoms with E-state index in [9.17, 15) is 0 Å². The molecule has 0 bridgehead atoms. The second kappa shape index (κ2) is 4.92. The Balaban J connectivity index is 3.15. The van der Waals surface area contributed by atoms with E-state index < -0.39 is 0 Å². The molecule has 38 valence electrons. The Morgan fingerprint density at radius 3 is 3.00 bits per heavy atom. The number of hydrogen-bond donors (Lipinski definition) is 2. The molecule has 0 aromatic carbocycles. The van der Waals surface area contributed by atoms with Gasteiger partial charge in [-0.05, 0) is 12.3 Å². The molecule has 0 saturated heterocycles. The zero-order valence-corrected chi connectivity index (χ0v) is 3.89. The monoisotopic (exact) mass is 97.1 g/mol. The third-order valence-electron chi connectivity index (χ3n) is 0.412. The largest absolute Gasteiger partial charge is 0.405 e. The number of nitrogens with one attached hydrogen (secondary N) is 1. The molecule has 0 heterocycles. The molecule has 0 fully saturated rings. The van der Waals surface area contributed by atoms with Crippen molar-refractivity contribution in [2.75, 3.05) is 6.54 Å². The van der Waals surface area contributed by atoms with Crippen LogP contribution in [0.4, 0.5) is 0 Å². The minimum Gasteiger partial charge on any atom is -0.405 e. The number of rotatable bonds is 2. The number of hydrogen-bond acceptors (Lipinski definition) is 3. The Kier molecular flexibility index (Phi) is 4.16. The lowest BCUT2D eigenvalue weighted by Crippen LogP contribution is -1.77. The van der Waals surface area contributed by atoms with Gasteiger partial charge in [-0.2, -0.15) is 0 Å². The second-order valence-corrected chi connectivity index (χ2v) is 0.881. The second-order valence-electron chi connectivity index (χ2n) is 0.881. The van der Waals surface area contributed by atoms with Crippen LogP contribution >= 0.6 is 0 Å². The van der Waals surface area contributed by atoms with Gasteiger partial charge in [-0.1, -0.05) is 0 Å². The molecule has 0 rings (SSSR count). The van der Waals surface area contributed by atoms with Crippen molar-refractivity contribution in [3.05, 3.63) is 12.3 Å². The van der Waals surface area contributed by atoms with Crippen LogP contribution in [0, 0.1) is 5.41 Å². The SMILES string of the molecule is N=C=NCC=CN. The fourth-order valence-corrected chi connectivity index (χ4v) is 0.159. The first-order chi connectivity index (χ1) is 3.41. The highest BCUT2D eigenvalue weighted by molar-refractivity contribution is 5.35. The topological polar surface area (TPSA) is 62.2 Å². The summed E-state index contributed by atoms with van der Waals surface area (Å²) in [6, 6.07) is 1.87. The molecule has 3 N–H and O–H groups in total. The van der Waals surface area contributed by atoms with Crippen LogP contribution in [0.25, 0.3) is 0 Å². The van der Waals surface area contributed by atoms with E-state index in [1.807, 2.05) is 6.01 Å². The van der Waals surface area contributed by atoms with Crippen molar-refractivity contribution in [1.82, 2.24) is 0 Å². The Labute approximate surface area is 42.1 Å². The third kappa shape index (κ3) is 4.92. The van der Waals surface area contributed by atoms with E-state index >= 15 is 0 Å². The van der Waals surface area contributed by atoms with Crippen LogP contribution in [0.3, 0.4) is 0 Å². The molecule has 0 aromatic rings. The van der Waals surface area contributed by atoms with Crippen LogP contribution in [-0.2, 0) is 0 Å². The highest BCUT2D eigenvalue weighted by Crippen LogP contribution is 1.64. The van der Waals surface area contributed by atoms with E-state index in [4.69, 9.17) is 11.1 Å². The Morgan fingerprint density at radius 1 is 1.86 bits per heavy atom. The smallest absolute Gasteiger partial charge is 0.0865 e. The van der Waals surface area contributed by atoms with Gasteiger partial charge in [0.05, 0.1) is 12.6 Å². The molecule has 0 aromatic heterocycles. The van der Waals surface area contributed by atoms with Crippen LogP contribution in [0.15, 0.2) is 17.3 Å². The van der Waals surface area contributed by atoms with E-state index in [1.54, 1.807) is 6.08 Å². The van der Waals surface area contributed by atoms with E-state index in [0.717, 1.165) is 0 Å². The molecule has 0 amide bonds. The van der Waals surface area contributed by atoms with E-state index in [-0.39, 0.29) is 0 Å². The molecule has 7 heavy (non-hydrogen) atoms. The summed E-state index contributed by atoms with van der Waals surface area (Å²) in [6.07, 6.45) is 3.03. The summed E-state index contributed by atoms with van der Waals surface area (Å²) in [6.45, 7) is 0.458. The van der Waals surface area contributed by atoms with Gasteiger partial charge in [-0.25, -0.2) is 10.4 Å². The van der Waals surface area contributed by atoms with Crippen LogP contribution < -0.4 is 5.73 Å². The van der Waals surface area contributed by atoms with Crippen LogP contribution in [-0.4, -0.2) is 12.6 Å². The van der Waals surface area contributed by atoms with E-state index in [1.165, 1.54) is 6.20 Å². The Morgan fingerprint density at radius 2 is 2.57 bits per heavy atom. The summed E-state index contributed by atoms with van der Waals surface area (Å²) in [5, 5.41) is 6.29. The molecular weight excluding hydrogens is 90.1 g/mol. The Bertz CT molecular complexity index is 99.5. The predicted molar refractivity (Wildman–Crippen MR) is 28.3 cm³/mol. The van der Waals surface area contributed by atoms with Gasteiger partial charge in [0, 0.05) is 0 Å². The normalized spacial score (nSPS) is 8.57. The zero-order chi connectivity index (χ0) is 5.54. The average Bonchev–Trinajstić information content (AvgIpc) is 1.69. The minimum atomic E-state index is 0.458. The maximum Gasteiger partial charge on any atom is 0.0865 e. The highest BCUT2D eigenvalue weighted by atomic mass is 14.7. The molecule has 0 spiro atoms. The maximum atomic E-state index is 6.29. The predicted octanol–water partition coefficient (Wildman–Crippen LogP) is 0.211. The number of aliphatic imine (C=N–C) groups is 1. The first kappa shape index (κ1) is 5.92. The first-order valence-electron chi connectivity index (χ1n) is 1.86. The standard InChI is InChI=1S/C4H7N3/c5-2-1-3-7-4-6/h1-2,6H,3,5H2. The lowest BCUT2D eigenvalue weighted by atomic mass is 10.6. The van der Waals surface area contributed by atoms with Gasteiger partial charge < -0.3 is 5.73 Å². The van der Waals surface area contributed by atoms with E-state index in [0.29, 0.717) is 6.54 Å². The molecule has 0 saturated carbocycles. The molecule has 0 aliphatic carbocycles. The maximum absolute atomic E-state index is 6.29. The van der Waals surface area contributed by atoms with Crippen molar-refractivity contribution in [3.63, 3.8) is 0 Å². The summed E-state index contributed by atoms with van der Waals surface area (Å²) >= 11 is 0. The fraction of sp³-hybridized carbons (Fsp3) is 0.250. The van der Waals surface area contributed by atoms with Gasteiger partial charge in [0.15, 0.2) is 0 Å². The summed E-state index contributed by atoms with van der Waals surface area (Å²) in [5.41, 5.74) is 4.94.